The average Bonchev–Trinajstić information content (AvgIpc) is 4.11. The van der Waals surface area contributed by atoms with E-state index in [1.807, 2.05) is 92.9 Å². The number of aromatic nitrogens is 4. The summed E-state index contributed by atoms with van der Waals surface area (Å²) in [6, 6.07) is 21.8. The van der Waals surface area contributed by atoms with E-state index in [0.29, 0.717) is 42.6 Å². The number of likely N-dealkylation sites (tertiary alicyclic amines) is 2. The molecule has 0 spiro atoms. The second kappa shape index (κ2) is 25.2. The maximum absolute atomic E-state index is 17.2. The van der Waals surface area contributed by atoms with Gasteiger partial charge in [-0.1, -0.05) is 87.5 Å². The maximum Gasteiger partial charge on any atom is 0.319 e. The van der Waals surface area contributed by atoms with Crippen LogP contribution in [0.15, 0.2) is 91.4 Å². The predicted molar refractivity (Wildman–Crippen MR) is 305 cm³/mol. The van der Waals surface area contributed by atoms with Gasteiger partial charge in [-0.15, -0.1) is 0 Å². The van der Waals surface area contributed by atoms with Crippen LogP contribution in [0, 0.1) is 28.5 Å². The van der Waals surface area contributed by atoms with E-state index in [0.717, 1.165) is 42.8 Å². The number of ether oxygens (including phenoxy) is 2. The van der Waals surface area contributed by atoms with Crippen molar-refractivity contribution in [3.8, 4) is 40.2 Å². The zero-order valence-corrected chi connectivity index (χ0v) is 47.1. The summed E-state index contributed by atoms with van der Waals surface area (Å²) in [7, 11) is 1.89. The van der Waals surface area contributed by atoms with Crippen molar-refractivity contribution in [1.29, 1.82) is 5.26 Å². The highest BCUT2D eigenvalue weighted by atomic mass is 35.5. The van der Waals surface area contributed by atoms with Crippen molar-refractivity contribution < 1.29 is 42.9 Å². The molecule has 0 saturated carbocycles. The predicted octanol–water partition coefficient (Wildman–Crippen LogP) is 7.71. The molecule has 0 unspecified atom stereocenters. The molecule has 4 aromatic carbocycles. The smallest absolute Gasteiger partial charge is 0.319 e. The van der Waals surface area contributed by atoms with Gasteiger partial charge >= 0.3 is 6.01 Å². The Balaban J connectivity index is 0.790. The number of rotatable bonds is 19. The van der Waals surface area contributed by atoms with Crippen molar-refractivity contribution in [3.63, 3.8) is 0 Å². The lowest BCUT2D eigenvalue weighted by molar-refractivity contribution is -0.131. The van der Waals surface area contributed by atoms with Crippen molar-refractivity contribution in [1.82, 2.24) is 45.1 Å². The van der Waals surface area contributed by atoms with Crippen LogP contribution in [0.1, 0.15) is 65.0 Å². The fourth-order valence-electron chi connectivity index (χ4n) is 11.3. The minimum Gasteiger partial charge on any atom is -0.508 e. The summed E-state index contributed by atoms with van der Waals surface area (Å²) in [6.45, 7) is 14.5. The molecule has 5 heterocycles. The van der Waals surface area contributed by atoms with E-state index in [1.165, 1.54) is 11.0 Å². The fraction of sp³-hybridized carbons (Fsp3) is 0.450. The summed E-state index contributed by atoms with van der Waals surface area (Å²) < 4.78 is 45.4. The summed E-state index contributed by atoms with van der Waals surface area (Å²) in [5.74, 6) is -2.86. The lowest BCUT2D eigenvalue weighted by atomic mass is 9.86. The molecule has 21 heteroatoms. The molecule has 0 bridgehead atoms. The van der Waals surface area contributed by atoms with Gasteiger partial charge in [0.15, 0.2) is 11.6 Å². The van der Waals surface area contributed by atoms with Crippen LogP contribution in [-0.4, -0.2) is 159 Å². The molecule has 0 radical (unpaired) electrons. The number of aliphatic hydroxyl groups is 1. The van der Waals surface area contributed by atoms with Gasteiger partial charge in [-0.2, -0.15) is 20.3 Å². The SMILES string of the molecule is C=C(F)C(=O)N1CCN(c2nc(OCCN3CCC(COCC(=O)N[C@H](CN4C[C@H](O)C[C@H]4C(=O)N[C@@H](C)c4ccc(-c5ccnn5C)cc4)C(C)(C)C)CC3)nc3c(F)c(-c4cc(O)cc5ccccc45)c(Cl)cc23)C[C@@H]1CC#N. The Morgan fingerprint density at radius 2 is 1.74 bits per heavy atom. The molecule has 9 rings (SSSR count). The highest BCUT2D eigenvalue weighted by Gasteiger charge is 2.40. The van der Waals surface area contributed by atoms with Gasteiger partial charge in [0.1, 0.15) is 30.3 Å². The summed E-state index contributed by atoms with van der Waals surface area (Å²) >= 11 is 6.93. The van der Waals surface area contributed by atoms with E-state index >= 15 is 4.39 Å². The molecule has 3 aliphatic heterocycles. The Kier molecular flexibility index (Phi) is 18.2. The van der Waals surface area contributed by atoms with Crippen molar-refractivity contribution in [3.05, 3.63) is 108 Å². The summed E-state index contributed by atoms with van der Waals surface area (Å²) in [5, 5.41) is 43.3. The van der Waals surface area contributed by atoms with Crippen LogP contribution in [0.4, 0.5) is 14.6 Å². The number of anilines is 1. The first-order chi connectivity index (χ1) is 38.8. The number of β-amino-alcohol motifs (C(OH)–C–C–N with tert-alkyl or cyclic N) is 1. The third-order valence-electron chi connectivity index (χ3n) is 15.9. The molecule has 0 aliphatic carbocycles. The van der Waals surface area contributed by atoms with Crippen molar-refractivity contribution in [2.75, 3.05) is 77.1 Å². The highest BCUT2D eigenvalue weighted by molar-refractivity contribution is 6.35. The van der Waals surface area contributed by atoms with Crippen LogP contribution >= 0.6 is 11.6 Å². The van der Waals surface area contributed by atoms with Crippen LogP contribution in [0.25, 0.3) is 44.1 Å². The molecular formula is C60H70ClF2N11O7. The Morgan fingerprint density at radius 1 is 0.988 bits per heavy atom. The minimum atomic E-state index is -1.14. The number of benzene rings is 4. The number of carbonyl (C=O) groups is 3. The average molecular weight is 1130 g/mol. The number of fused-ring (bicyclic) bond motifs is 2. The summed E-state index contributed by atoms with van der Waals surface area (Å²) in [4.78, 5) is 56.6. The van der Waals surface area contributed by atoms with Crippen molar-refractivity contribution in [2.45, 2.75) is 83.6 Å². The zero-order chi connectivity index (χ0) is 57.7. The van der Waals surface area contributed by atoms with Gasteiger partial charge in [0.2, 0.25) is 11.8 Å². The second-order valence-electron chi connectivity index (χ2n) is 22.5. The molecule has 18 nitrogen and oxygen atoms in total. The lowest BCUT2D eigenvalue weighted by Crippen LogP contribution is -2.55. The minimum absolute atomic E-state index is 0.0227. The Labute approximate surface area is 475 Å². The molecule has 4 N–H and O–H groups in total. The molecule has 3 amide bonds. The van der Waals surface area contributed by atoms with Crippen LogP contribution in [0.5, 0.6) is 11.8 Å². The van der Waals surface area contributed by atoms with Crippen LogP contribution < -0.4 is 20.3 Å². The molecule has 3 aliphatic rings. The number of nitriles is 1. The fourth-order valence-corrected chi connectivity index (χ4v) is 11.6. The van der Waals surface area contributed by atoms with E-state index < -0.39 is 35.7 Å². The van der Waals surface area contributed by atoms with Gasteiger partial charge in [0.25, 0.3) is 5.91 Å². The highest BCUT2D eigenvalue weighted by Crippen LogP contribution is 2.43. The van der Waals surface area contributed by atoms with Gasteiger partial charge in [-0.3, -0.25) is 28.9 Å². The Hall–Kier alpha value is -7.28. The standard InChI is InChI=1S/C60H70ClF2N11O7/c1-36(62)58(79)74-24-23-72(31-42(74)15-19-64)56-47-30-48(61)53(46-28-43(75)27-41-9-7-8-10-45(41)46)54(63)55(47)68-59(69-56)81-26-25-71-21-17-38(18-22-71)34-80-35-52(77)67-51(60(3,4)5)33-73-32-44(76)29-50(73)57(78)66-37(2)39-11-13-40(14-12-39)49-16-20-65-70(49)6/h7-14,16,20,27-28,30,37-38,42,44,50-51,75-76H,1,15,17-18,21-26,29,31-35H2,2-6H3,(H,66,78)(H,67,77)/t37-,42-,44+,50-,51+/m0/s1. The van der Waals surface area contributed by atoms with Gasteiger partial charge < -0.3 is 40.1 Å². The molecule has 428 valence electrons. The number of piperidine rings is 1. The van der Waals surface area contributed by atoms with E-state index in [2.05, 4.69) is 38.3 Å². The Bertz CT molecular complexity index is 3320. The number of aryl methyl sites for hydroxylation is 1. The van der Waals surface area contributed by atoms with E-state index in [1.54, 1.807) is 29.3 Å². The largest absolute Gasteiger partial charge is 0.508 e. The van der Waals surface area contributed by atoms with E-state index in [-0.39, 0.29) is 120 Å². The molecule has 2 aromatic heterocycles. The first kappa shape index (κ1) is 58.4. The third-order valence-corrected chi connectivity index (χ3v) is 16.2. The monoisotopic (exact) mass is 1130 g/mol. The number of hydrogen-bond acceptors (Lipinski definition) is 14. The molecule has 5 atom stereocenters. The first-order valence-electron chi connectivity index (χ1n) is 27.5. The number of carbonyl (C=O) groups excluding carboxylic acids is 3. The number of aromatic hydroxyl groups is 1. The molecule has 81 heavy (non-hydrogen) atoms. The Morgan fingerprint density at radius 3 is 2.44 bits per heavy atom. The molecular weight excluding hydrogens is 1060 g/mol. The number of amides is 3. The number of halogens is 3. The first-order valence-corrected chi connectivity index (χ1v) is 27.9. The number of aliphatic hydroxyl groups excluding tert-OH is 1. The van der Waals surface area contributed by atoms with Gasteiger partial charge in [-0.05, 0) is 102 Å². The third kappa shape index (κ3) is 13.6. The molecule has 3 fully saturated rings. The van der Waals surface area contributed by atoms with Crippen molar-refractivity contribution >= 4 is 56.8 Å². The number of phenolic OH excluding ortho intramolecular Hbond substituents is 1. The van der Waals surface area contributed by atoms with Crippen LogP contribution in [-0.2, 0) is 26.2 Å². The van der Waals surface area contributed by atoms with Gasteiger partial charge in [0.05, 0.1) is 54.0 Å². The second-order valence-corrected chi connectivity index (χ2v) is 22.9. The van der Waals surface area contributed by atoms with E-state index in [4.69, 9.17) is 26.1 Å². The number of piperazine rings is 1. The van der Waals surface area contributed by atoms with Crippen LogP contribution in [0.3, 0.4) is 0 Å². The van der Waals surface area contributed by atoms with Crippen LogP contribution in [0.2, 0.25) is 5.02 Å². The zero-order valence-electron chi connectivity index (χ0n) is 46.4. The van der Waals surface area contributed by atoms with Crippen molar-refractivity contribution in [2.24, 2.45) is 18.4 Å². The number of hydrogen-bond donors (Lipinski definition) is 4. The van der Waals surface area contributed by atoms with Gasteiger partial charge in [-0.25, -0.2) is 8.78 Å². The summed E-state index contributed by atoms with van der Waals surface area (Å²) in [5.41, 5.74) is 2.87. The number of nitrogens with one attached hydrogen (secondary N) is 2. The normalized spacial score (nSPS) is 19.1. The quantitative estimate of drug-likeness (QED) is 0.0572. The lowest BCUT2D eigenvalue weighted by Gasteiger charge is -2.41. The molecule has 3 saturated heterocycles. The van der Waals surface area contributed by atoms with E-state index in [9.17, 15) is 34.2 Å². The molecule has 6 aromatic rings. The maximum atomic E-state index is 17.2. The van der Waals surface area contributed by atoms with Gasteiger partial charge in [0, 0.05) is 69.5 Å². The topological polar surface area (TPSA) is 215 Å². The summed E-state index contributed by atoms with van der Waals surface area (Å²) in [6.07, 6.45) is 2.87. The number of phenols is 1. The number of nitrogens with zero attached hydrogens (tertiary/aromatic N) is 9.